The second kappa shape index (κ2) is 6.80. The number of aromatic nitrogens is 1. The Bertz CT molecular complexity index is 945. The van der Waals surface area contributed by atoms with Crippen LogP contribution in [0.1, 0.15) is 11.3 Å². The third-order valence-corrected chi connectivity index (χ3v) is 3.59. The average molecular weight is 317 g/mol. The highest BCUT2D eigenvalue weighted by molar-refractivity contribution is 5.93. The molecule has 24 heavy (non-hydrogen) atoms. The summed E-state index contributed by atoms with van der Waals surface area (Å²) in [5.74, 6) is -0.338. The van der Waals surface area contributed by atoms with Gasteiger partial charge in [-0.2, -0.15) is 5.26 Å². The zero-order valence-corrected chi connectivity index (χ0v) is 13.1. The number of ether oxygens (including phenoxy) is 1. The van der Waals surface area contributed by atoms with Crippen LogP contribution in [0, 0.1) is 11.3 Å². The number of pyridine rings is 1. The van der Waals surface area contributed by atoms with Crippen LogP contribution in [-0.2, 0) is 16.0 Å². The second-order valence-electron chi connectivity index (χ2n) is 5.25. The summed E-state index contributed by atoms with van der Waals surface area (Å²) in [6.45, 7) is 0. The Morgan fingerprint density at radius 1 is 1.21 bits per heavy atom. The molecule has 0 aliphatic carbocycles. The fraction of sp³-hybridized carbons (Fsp3) is 0.105. The molecule has 0 unspecified atom stereocenters. The summed E-state index contributed by atoms with van der Waals surface area (Å²) in [4.78, 5) is 16.1. The average Bonchev–Trinajstić information content (AvgIpc) is 2.61. The van der Waals surface area contributed by atoms with Gasteiger partial charge in [0.1, 0.15) is 0 Å². The molecule has 2 aromatic carbocycles. The van der Waals surface area contributed by atoms with Gasteiger partial charge >= 0.3 is 5.97 Å². The summed E-state index contributed by atoms with van der Waals surface area (Å²) >= 11 is 0. The van der Waals surface area contributed by atoms with Crippen molar-refractivity contribution in [2.45, 2.75) is 6.42 Å². The fourth-order valence-electron chi connectivity index (χ4n) is 2.47. The quantitative estimate of drug-likeness (QED) is 0.745. The molecule has 1 heterocycles. The topological polar surface area (TPSA) is 75.0 Å². The molecule has 0 saturated carbocycles. The molecule has 0 amide bonds. The number of nitrogens with one attached hydrogen (secondary N) is 1. The summed E-state index contributed by atoms with van der Waals surface area (Å²) < 4.78 is 4.72. The lowest BCUT2D eigenvalue weighted by Gasteiger charge is -2.12. The summed E-state index contributed by atoms with van der Waals surface area (Å²) in [5, 5.41) is 13.3. The Morgan fingerprint density at radius 2 is 2.04 bits per heavy atom. The maximum atomic E-state index is 11.6. The third-order valence-electron chi connectivity index (χ3n) is 3.59. The largest absolute Gasteiger partial charge is 0.469 e. The molecular formula is C19H15N3O2. The number of carbonyl (C=O) groups excluding carboxylic acids is 1. The number of rotatable bonds is 4. The molecule has 0 spiro atoms. The van der Waals surface area contributed by atoms with E-state index in [0.717, 1.165) is 22.3 Å². The Balaban J connectivity index is 2.04. The summed E-state index contributed by atoms with van der Waals surface area (Å²) in [5.41, 5.74) is 3.62. The Kier molecular flexibility index (Phi) is 4.39. The minimum atomic E-state index is -0.338. The van der Waals surface area contributed by atoms with Crippen molar-refractivity contribution in [2.75, 3.05) is 12.4 Å². The van der Waals surface area contributed by atoms with Gasteiger partial charge < -0.3 is 10.1 Å². The van der Waals surface area contributed by atoms with E-state index in [9.17, 15) is 4.79 Å². The maximum absolute atomic E-state index is 11.6. The van der Waals surface area contributed by atoms with Crippen LogP contribution >= 0.6 is 0 Å². The molecule has 0 radical (unpaired) electrons. The first-order valence-electron chi connectivity index (χ1n) is 7.42. The van der Waals surface area contributed by atoms with Crippen LogP contribution in [0.15, 0.2) is 54.6 Å². The molecular weight excluding hydrogens is 302 g/mol. The van der Waals surface area contributed by atoms with Crippen molar-refractivity contribution in [1.29, 1.82) is 5.26 Å². The first kappa shape index (κ1) is 15.5. The monoisotopic (exact) mass is 317 g/mol. The molecule has 0 saturated heterocycles. The number of nitrogens with zero attached hydrogens (tertiary/aromatic N) is 2. The summed E-state index contributed by atoms with van der Waals surface area (Å²) in [7, 11) is 1.36. The molecule has 0 atom stereocenters. The second-order valence-corrected chi connectivity index (χ2v) is 5.25. The molecule has 5 nitrogen and oxygen atoms in total. The molecule has 1 aromatic heterocycles. The van der Waals surface area contributed by atoms with Crippen LogP contribution in [-0.4, -0.2) is 18.1 Å². The van der Waals surface area contributed by atoms with E-state index in [0.29, 0.717) is 11.3 Å². The number of anilines is 2. The number of esters is 1. The van der Waals surface area contributed by atoms with Crippen molar-refractivity contribution in [3.8, 4) is 6.07 Å². The van der Waals surface area contributed by atoms with Crippen LogP contribution in [0.25, 0.3) is 10.9 Å². The van der Waals surface area contributed by atoms with Gasteiger partial charge in [-0.1, -0.05) is 24.3 Å². The van der Waals surface area contributed by atoms with E-state index in [1.54, 1.807) is 12.1 Å². The summed E-state index contributed by atoms with van der Waals surface area (Å²) in [6, 6.07) is 18.9. The lowest BCUT2D eigenvalue weighted by atomic mass is 10.1. The van der Waals surface area contributed by atoms with Crippen molar-refractivity contribution in [3.05, 3.63) is 65.9 Å². The van der Waals surface area contributed by atoms with Gasteiger partial charge in [0.05, 0.1) is 36.4 Å². The lowest BCUT2D eigenvalue weighted by molar-refractivity contribution is -0.139. The fourth-order valence-corrected chi connectivity index (χ4v) is 2.47. The van der Waals surface area contributed by atoms with E-state index in [1.807, 2.05) is 42.5 Å². The molecule has 0 bridgehead atoms. The minimum Gasteiger partial charge on any atom is -0.469 e. The number of hydrogen-bond acceptors (Lipinski definition) is 5. The number of carbonyl (C=O) groups is 1. The van der Waals surface area contributed by atoms with Gasteiger partial charge in [-0.25, -0.2) is 0 Å². The molecule has 1 N–H and O–H groups in total. The number of methoxy groups -OCH3 is 1. The Morgan fingerprint density at radius 3 is 2.83 bits per heavy atom. The third kappa shape index (κ3) is 3.33. The minimum absolute atomic E-state index is 0.105. The molecule has 118 valence electrons. The highest BCUT2D eigenvalue weighted by Gasteiger charge is 2.10. The standard InChI is InChI=1S/C19H15N3O2/c1-24-19(23)11-15-10-18(16-7-2-3-8-17(16)22-15)21-14-6-4-5-13(9-14)12-20/h2-10H,11H2,1H3,(H,21,22). The number of benzene rings is 2. The number of fused-ring (bicyclic) bond motifs is 1. The zero-order valence-electron chi connectivity index (χ0n) is 13.1. The Labute approximate surface area is 139 Å². The van der Waals surface area contributed by atoms with Crippen molar-refractivity contribution < 1.29 is 9.53 Å². The summed E-state index contributed by atoms with van der Waals surface area (Å²) in [6.07, 6.45) is 0.105. The van der Waals surface area contributed by atoms with E-state index in [2.05, 4.69) is 16.4 Å². The van der Waals surface area contributed by atoms with E-state index < -0.39 is 0 Å². The van der Waals surface area contributed by atoms with Gasteiger partial charge in [0, 0.05) is 16.8 Å². The Hall–Kier alpha value is -3.39. The maximum Gasteiger partial charge on any atom is 0.311 e. The smallest absolute Gasteiger partial charge is 0.311 e. The predicted octanol–water partition coefficient (Wildman–Crippen LogP) is 3.57. The van der Waals surface area contributed by atoms with Crippen LogP contribution in [0.5, 0.6) is 0 Å². The normalized spacial score (nSPS) is 10.2. The van der Waals surface area contributed by atoms with Gasteiger partial charge in [-0.05, 0) is 30.3 Å². The number of nitriles is 1. The predicted molar refractivity (Wildman–Crippen MR) is 91.9 cm³/mol. The van der Waals surface area contributed by atoms with Crippen molar-refractivity contribution >= 4 is 28.2 Å². The highest BCUT2D eigenvalue weighted by Crippen LogP contribution is 2.27. The molecule has 5 heteroatoms. The molecule has 0 fully saturated rings. The van der Waals surface area contributed by atoms with Gasteiger partial charge in [-0.15, -0.1) is 0 Å². The zero-order chi connectivity index (χ0) is 16.9. The van der Waals surface area contributed by atoms with E-state index in [4.69, 9.17) is 10.00 Å². The van der Waals surface area contributed by atoms with E-state index in [1.165, 1.54) is 7.11 Å². The first-order valence-corrected chi connectivity index (χ1v) is 7.42. The van der Waals surface area contributed by atoms with E-state index >= 15 is 0 Å². The lowest BCUT2D eigenvalue weighted by Crippen LogP contribution is -2.07. The van der Waals surface area contributed by atoms with Crippen molar-refractivity contribution in [2.24, 2.45) is 0 Å². The van der Waals surface area contributed by atoms with Crippen LogP contribution < -0.4 is 5.32 Å². The molecule has 0 aliphatic rings. The first-order chi connectivity index (χ1) is 11.7. The number of hydrogen-bond donors (Lipinski definition) is 1. The van der Waals surface area contributed by atoms with Gasteiger partial charge in [0.25, 0.3) is 0 Å². The SMILES string of the molecule is COC(=O)Cc1cc(Nc2cccc(C#N)c2)c2ccccc2n1. The molecule has 3 aromatic rings. The van der Waals surface area contributed by atoms with E-state index in [-0.39, 0.29) is 12.4 Å². The molecule has 3 rings (SSSR count). The van der Waals surface area contributed by atoms with Crippen molar-refractivity contribution in [3.63, 3.8) is 0 Å². The van der Waals surface area contributed by atoms with Crippen molar-refractivity contribution in [1.82, 2.24) is 4.98 Å². The number of para-hydroxylation sites is 1. The molecule has 0 aliphatic heterocycles. The van der Waals surface area contributed by atoms with Gasteiger partial charge in [0.15, 0.2) is 0 Å². The highest BCUT2D eigenvalue weighted by atomic mass is 16.5. The van der Waals surface area contributed by atoms with Crippen LogP contribution in [0.2, 0.25) is 0 Å². The van der Waals surface area contributed by atoms with Gasteiger partial charge in [-0.3, -0.25) is 9.78 Å². The van der Waals surface area contributed by atoms with Gasteiger partial charge in [0.2, 0.25) is 0 Å². The van der Waals surface area contributed by atoms with Crippen LogP contribution in [0.4, 0.5) is 11.4 Å². The van der Waals surface area contributed by atoms with Crippen LogP contribution in [0.3, 0.4) is 0 Å².